The number of hydrogen-bond acceptors (Lipinski definition) is 2. The first-order valence-electron chi connectivity index (χ1n) is 7.62. The second-order valence-corrected chi connectivity index (χ2v) is 5.59. The second-order valence-electron chi connectivity index (χ2n) is 5.15. The normalized spacial score (nSPS) is 11.0. The average Bonchev–Trinajstić information content (AvgIpc) is 2.84. The number of halogens is 1. The molecular weight excluding hydrogens is 286 g/mol. The topological polar surface area (TPSA) is 46.4 Å². The van der Waals surface area contributed by atoms with Crippen LogP contribution in [0.15, 0.2) is 18.3 Å². The van der Waals surface area contributed by atoms with Crippen molar-refractivity contribution in [3.63, 3.8) is 0 Å². The molecule has 0 aliphatic carbocycles. The number of nitrogens with one attached hydrogen (secondary N) is 1. The first-order valence-corrected chi connectivity index (χ1v) is 7.99. The minimum Gasteiger partial charge on any atom is -0.351 e. The third kappa shape index (κ3) is 3.76. The van der Waals surface area contributed by atoms with E-state index >= 15 is 0 Å². The van der Waals surface area contributed by atoms with E-state index in [9.17, 15) is 4.79 Å². The molecule has 5 heteroatoms. The molecule has 0 bridgehead atoms. The Labute approximate surface area is 130 Å². The van der Waals surface area contributed by atoms with Crippen molar-refractivity contribution < 1.29 is 4.79 Å². The van der Waals surface area contributed by atoms with Crippen LogP contribution in [-0.4, -0.2) is 21.8 Å². The maximum absolute atomic E-state index is 12.4. The van der Waals surface area contributed by atoms with Crippen molar-refractivity contribution in [2.24, 2.45) is 0 Å². The Kier molecular flexibility index (Phi) is 5.62. The first kappa shape index (κ1) is 15.8. The minimum atomic E-state index is -0.0712. The van der Waals surface area contributed by atoms with Crippen LogP contribution in [0.1, 0.15) is 55.7 Å². The molecule has 0 spiro atoms. The predicted octanol–water partition coefficient (Wildman–Crippen LogP) is 3.86. The van der Waals surface area contributed by atoms with E-state index in [1.165, 1.54) is 12.8 Å². The Morgan fingerprint density at radius 2 is 2.10 bits per heavy atom. The molecule has 2 aromatic heterocycles. The second kappa shape index (κ2) is 7.46. The van der Waals surface area contributed by atoms with Gasteiger partial charge in [0, 0.05) is 12.7 Å². The van der Waals surface area contributed by atoms with E-state index < -0.39 is 0 Å². The summed E-state index contributed by atoms with van der Waals surface area (Å²) in [7, 11) is 0. The monoisotopic (exact) mass is 307 g/mol. The molecule has 0 aromatic carbocycles. The van der Waals surface area contributed by atoms with Gasteiger partial charge in [-0.15, -0.1) is 0 Å². The number of imidazole rings is 1. The molecular formula is C16H22ClN3O. The number of nitrogens with zero attached hydrogens (tertiary/aromatic N) is 2. The molecule has 0 saturated carbocycles. The molecule has 2 heterocycles. The van der Waals surface area contributed by atoms with Crippen molar-refractivity contribution in [2.45, 2.75) is 46.0 Å². The number of pyridine rings is 1. The molecule has 114 valence electrons. The summed E-state index contributed by atoms with van der Waals surface area (Å²) in [5.41, 5.74) is 2.17. The van der Waals surface area contributed by atoms with Crippen molar-refractivity contribution in [1.82, 2.24) is 14.7 Å². The summed E-state index contributed by atoms with van der Waals surface area (Å²) in [5.74, 6) is -0.0712. The van der Waals surface area contributed by atoms with Gasteiger partial charge in [0.25, 0.3) is 5.91 Å². The standard InChI is InChI=1S/C16H22ClN3O/c1-3-5-6-7-10-18-16(21)15-13(4-2)19-14-9-8-12(17)11-20(14)15/h8-9,11H,3-7,10H2,1-2H3,(H,18,21). The lowest BCUT2D eigenvalue weighted by molar-refractivity contribution is 0.0946. The molecule has 0 saturated heterocycles. The van der Waals surface area contributed by atoms with Gasteiger partial charge in [0.05, 0.1) is 10.7 Å². The number of unbranched alkanes of at least 4 members (excludes halogenated alkanes) is 3. The van der Waals surface area contributed by atoms with Crippen LogP contribution in [0.4, 0.5) is 0 Å². The lowest BCUT2D eigenvalue weighted by Gasteiger charge is -2.06. The van der Waals surface area contributed by atoms with Crippen LogP contribution in [0, 0.1) is 0 Å². The third-order valence-corrected chi connectivity index (χ3v) is 3.74. The van der Waals surface area contributed by atoms with Gasteiger partial charge < -0.3 is 5.32 Å². The highest BCUT2D eigenvalue weighted by Crippen LogP contribution is 2.17. The number of fused-ring (bicyclic) bond motifs is 1. The fourth-order valence-electron chi connectivity index (χ4n) is 2.39. The maximum Gasteiger partial charge on any atom is 0.270 e. The molecule has 0 aliphatic heterocycles. The molecule has 0 radical (unpaired) electrons. The number of aromatic nitrogens is 2. The Bertz CT molecular complexity index is 621. The van der Waals surface area contributed by atoms with E-state index in [4.69, 9.17) is 11.6 Å². The van der Waals surface area contributed by atoms with E-state index in [0.717, 1.165) is 30.6 Å². The van der Waals surface area contributed by atoms with Crippen molar-refractivity contribution in [3.8, 4) is 0 Å². The summed E-state index contributed by atoms with van der Waals surface area (Å²) < 4.78 is 1.78. The van der Waals surface area contributed by atoms with Gasteiger partial charge in [-0.3, -0.25) is 9.20 Å². The van der Waals surface area contributed by atoms with Gasteiger partial charge in [-0.2, -0.15) is 0 Å². The van der Waals surface area contributed by atoms with E-state index in [2.05, 4.69) is 17.2 Å². The zero-order chi connectivity index (χ0) is 15.2. The number of rotatable bonds is 7. The SMILES string of the molecule is CCCCCCNC(=O)c1c(CC)nc2ccc(Cl)cn12. The number of aryl methyl sites for hydroxylation is 1. The quantitative estimate of drug-likeness (QED) is 0.790. The maximum atomic E-state index is 12.4. The zero-order valence-corrected chi connectivity index (χ0v) is 13.4. The molecule has 21 heavy (non-hydrogen) atoms. The minimum absolute atomic E-state index is 0.0712. The highest BCUT2D eigenvalue weighted by Gasteiger charge is 2.17. The van der Waals surface area contributed by atoms with Gasteiger partial charge in [0.2, 0.25) is 0 Å². The van der Waals surface area contributed by atoms with Gasteiger partial charge >= 0.3 is 0 Å². The van der Waals surface area contributed by atoms with Crippen LogP contribution in [0.5, 0.6) is 0 Å². The lowest BCUT2D eigenvalue weighted by atomic mass is 10.2. The van der Waals surface area contributed by atoms with Crippen LogP contribution in [0.3, 0.4) is 0 Å². The van der Waals surface area contributed by atoms with Gasteiger partial charge in [-0.1, -0.05) is 44.7 Å². The van der Waals surface area contributed by atoms with E-state index in [1.54, 1.807) is 16.7 Å². The van der Waals surface area contributed by atoms with Crippen molar-refractivity contribution in [2.75, 3.05) is 6.54 Å². The fraction of sp³-hybridized carbons (Fsp3) is 0.500. The molecule has 0 fully saturated rings. The predicted molar refractivity (Wildman–Crippen MR) is 86.1 cm³/mol. The van der Waals surface area contributed by atoms with E-state index in [1.807, 2.05) is 13.0 Å². The molecule has 2 aromatic rings. The number of amides is 1. The molecule has 0 unspecified atom stereocenters. The number of carbonyl (C=O) groups excluding carboxylic acids is 1. The summed E-state index contributed by atoms with van der Waals surface area (Å²) in [6, 6.07) is 3.62. The van der Waals surface area contributed by atoms with E-state index in [0.29, 0.717) is 17.3 Å². The third-order valence-electron chi connectivity index (χ3n) is 3.52. The summed E-state index contributed by atoms with van der Waals surface area (Å²) in [4.78, 5) is 16.9. The average molecular weight is 308 g/mol. The van der Waals surface area contributed by atoms with Crippen LogP contribution in [0.25, 0.3) is 5.65 Å². The summed E-state index contributed by atoms with van der Waals surface area (Å²) in [6.07, 6.45) is 7.03. The van der Waals surface area contributed by atoms with Crippen molar-refractivity contribution >= 4 is 23.2 Å². The Morgan fingerprint density at radius 3 is 2.81 bits per heavy atom. The summed E-state index contributed by atoms with van der Waals surface area (Å²) in [6.45, 7) is 4.88. The van der Waals surface area contributed by atoms with E-state index in [-0.39, 0.29) is 5.91 Å². The molecule has 2 rings (SSSR count). The smallest absolute Gasteiger partial charge is 0.270 e. The van der Waals surface area contributed by atoms with Gasteiger partial charge in [0.15, 0.2) is 0 Å². The fourth-order valence-corrected chi connectivity index (χ4v) is 2.55. The molecule has 0 aliphatic rings. The number of hydrogen-bond donors (Lipinski definition) is 1. The van der Waals surface area contributed by atoms with Gasteiger partial charge in [0.1, 0.15) is 11.3 Å². The largest absolute Gasteiger partial charge is 0.351 e. The molecule has 1 amide bonds. The van der Waals surface area contributed by atoms with Crippen LogP contribution in [0.2, 0.25) is 5.02 Å². The van der Waals surface area contributed by atoms with Crippen LogP contribution >= 0.6 is 11.6 Å². The van der Waals surface area contributed by atoms with Gasteiger partial charge in [-0.25, -0.2) is 4.98 Å². The zero-order valence-electron chi connectivity index (χ0n) is 12.7. The van der Waals surface area contributed by atoms with Crippen molar-refractivity contribution in [3.05, 3.63) is 34.7 Å². The van der Waals surface area contributed by atoms with Crippen LogP contribution < -0.4 is 5.32 Å². The Balaban J connectivity index is 2.15. The molecule has 4 nitrogen and oxygen atoms in total. The van der Waals surface area contributed by atoms with Crippen molar-refractivity contribution in [1.29, 1.82) is 0 Å². The number of carbonyl (C=O) groups is 1. The lowest BCUT2D eigenvalue weighted by Crippen LogP contribution is -2.26. The summed E-state index contributed by atoms with van der Waals surface area (Å²) >= 11 is 6.03. The van der Waals surface area contributed by atoms with Gasteiger partial charge in [-0.05, 0) is 25.0 Å². The molecule has 0 atom stereocenters. The highest BCUT2D eigenvalue weighted by atomic mass is 35.5. The Morgan fingerprint density at radius 1 is 1.29 bits per heavy atom. The molecule has 1 N–H and O–H groups in total. The Hall–Kier alpha value is -1.55. The first-order chi connectivity index (χ1) is 10.2. The summed E-state index contributed by atoms with van der Waals surface area (Å²) in [5, 5.41) is 3.58. The van der Waals surface area contributed by atoms with Crippen LogP contribution in [-0.2, 0) is 6.42 Å². The highest BCUT2D eigenvalue weighted by molar-refractivity contribution is 6.30.